The van der Waals surface area contributed by atoms with Crippen LogP contribution < -0.4 is 0 Å². The lowest BCUT2D eigenvalue weighted by Gasteiger charge is -2.06. The van der Waals surface area contributed by atoms with E-state index in [-0.39, 0.29) is 5.82 Å². The Morgan fingerprint density at radius 1 is 1.06 bits per heavy atom. The number of nitrogens with zero attached hydrogens (tertiary/aromatic N) is 4. The van der Waals surface area contributed by atoms with Crippen LogP contribution in [0, 0.1) is 12.7 Å². The number of hydrogen-bond acceptors (Lipinski definition) is 4. The number of pyridine rings is 2. The molecule has 5 rings (SSSR count). The lowest BCUT2D eigenvalue weighted by Crippen LogP contribution is -1.92. The van der Waals surface area contributed by atoms with Crippen LogP contribution in [0.2, 0.25) is 0 Å². The Hall–Kier alpha value is -4.39. The molecule has 156 valence electrons. The van der Waals surface area contributed by atoms with E-state index in [1.165, 1.54) is 12.1 Å². The number of halogens is 1. The van der Waals surface area contributed by atoms with E-state index in [0.29, 0.717) is 22.7 Å². The molecule has 4 aromatic heterocycles. The van der Waals surface area contributed by atoms with E-state index >= 15 is 0 Å². The van der Waals surface area contributed by atoms with Crippen molar-refractivity contribution in [1.29, 1.82) is 0 Å². The fourth-order valence-corrected chi connectivity index (χ4v) is 3.67. The van der Waals surface area contributed by atoms with E-state index in [0.717, 1.165) is 33.6 Å². The number of nitrogens with one attached hydrogen (secondary N) is 2. The fraction of sp³-hybridized carbons (Fsp3) is 0.0400. The summed E-state index contributed by atoms with van der Waals surface area (Å²) in [5.41, 5.74) is 6.93. The van der Waals surface area contributed by atoms with Crippen molar-refractivity contribution >= 4 is 16.6 Å². The van der Waals surface area contributed by atoms with Crippen LogP contribution in [0.3, 0.4) is 0 Å². The molecule has 5 aromatic rings. The molecule has 0 fully saturated rings. The van der Waals surface area contributed by atoms with E-state index in [2.05, 4.69) is 26.7 Å². The number of benzene rings is 1. The van der Waals surface area contributed by atoms with E-state index in [1.54, 1.807) is 24.5 Å². The van der Waals surface area contributed by atoms with Gasteiger partial charge >= 0.3 is 0 Å². The van der Waals surface area contributed by atoms with E-state index < -0.39 is 0 Å². The minimum Gasteiger partial charge on any atom is -0.340 e. The summed E-state index contributed by atoms with van der Waals surface area (Å²) < 4.78 is 13.9. The third-order valence-corrected chi connectivity index (χ3v) is 5.17. The van der Waals surface area contributed by atoms with Crippen LogP contribution in [0.4, 0.5) is 4.39 Å². The highest BCUT2D eigenvalue weighted by Gasteiger charge is 2.19. The van der Waals surface area contributed by atoms with Crippen LogP contribution in [0.1, 0.15) is 17.0 Å². The predicted octanol–water partition coefficient (Wildman–Crippen LogP) is 5.48. The summed E-state index contributed by atoms with van der Waals surface area (Å²) in [5, 5.41) is 7.48. The second-order valence-electron chi connectivity index (χ2n) is 7.29. The first-order chi connectivity index (χ1) is 15.6. The van der Waals surface area contributed by atoms with Crippen molar-refractivity contribution in [3.63, 3.8) is 0 Å². The molecule has 0 bridgehead atoms. The molecule has 0 aliphatic rings. The van der Waals surface area contributed by atoms with Crippen molar-refractivity contribution in [3.05, 3.63) is 102 Å². The van der Waals surface area contributed by atoms with Crippen LogP contribution in [-0.4, -0.2) is 30.1 Å². The summed E-state index contributed by atoms with van der Waals surface area (Å²) in [6.07, 6.45) is 6.96. The Bertz CT molecular complexity index is 1460. The molecule has 4 heterocycles. The fourth-order valence-electron chi connectivity index (χ4n) is 3.67. The SMILES string of the molecule is C=C/C=C(/c1cccc(F)c1)c1nc(-c2n[nH]c3ccc(-c4ccncc4)nc23)[nH]c1C. The van der Waals surface area contributed by atoms with Crippen LogP contribution in [0.25, 0.3) is 39.4 Å². The number of hydrogen-bond donors (Lipinski definition) is 2. The van der Waals surface area contributed by atoms with Gasteiger partial charge in [0.1, 0.15) is 11.3 Å². The van der Waals surface area contributed by atoms with Gasteiger partial charge in [0.2, 0.25) is 0 Å². The lowest BCUT2D eigenvalue weighted by molar-refractivity contribution is 0.627. The molecule has 1 aromatic carbocycles. The van der Waals surface area contributed by atoms with E-state index in [9.17, 15) is 4.39 Å². The maximum absolute atomic E-state index is 13.9. The van der Waals surface area contributed by atoms with Gasteiger partial charge in [0.15, 0.2) is 11.5 Å². The van der Waals surface area contributed by atoms with Crippen LogP contribution in [0.5, 0.6) is 0 Å². The highest BCUT2D eigenvalue weighted by Crippen LogP contribution is 2.30. The molecular formula is C25H19FN6. The molecule has 2 N–H and O–H groups in total. The topological polar surface area (TPSA) is 83.1 Å². The highest BCUT2D eigenvalue weighted by molar-refractivity contribution is 5.90. The Labute approximate surface area is 183 Å². The zero-order valence-corrected chi connectivity index (χ0v) is 17.3. The summed E-state index contributed by atoms with van der Waals surface area (Å²) in [7, 11) is 0. The smallest absolute Gasteiger partial charge is 0.161 e. The van der Waals surface area contributed by atoms with Gasteiger partial charge in [-0.1, -0.05) is 30.9 Å². The molecule has 0 aliphatic heterocycles. The molecule has 32 heavy (non-hydrogen) atoms. The molecule has 0 unspecified atom stereocenters. The summed E-state index contributed by atoms with van der Waals surface area (Å²) in [6, 6.07) is 14.1. The van der Waals surface area contributed by atoms with Gasteiger partial charge < -0.3 is 4.98 Å². The third-order valence-electron chi connectivity index (χ3n) is 5.17. The second kappa shape index (κ2) is 8.03. The maximum Gasteiger partial charge on any atom is 0.161 e. The standard InChI is InChI=1S/C25H19FN6/c1-3-5-19(17-6-4-7-18(26)14-17)22-15(2)28-25(30-22)24-23-21(31-32-24)9-8-20(29-23)16-10-12-27-13-11-16/h3-14H,1H2,2H3,(H,28,30)(H,31,32)/b19-5-. The van der Waals surface area contributed by atoms with Crippen LogP contribution in [-0.2, 0) is 0 Å². The second-order valence-corrected chi connectivity index (χ2v) is 7.29. The highest BCUT2D eigenvalue weighted by atomic mass is 19.1. The average Bonchev–Trinajstić information content (AvgIpc) is 3.41. The van der Waals surface area contributed by atoms with Gasteiger partial charge in [0, 0.05) is 29.2 Å². The molecule has 0 aliphatic carbocycles. The summed E-state index contributed by atoms with van der Waals surface area (Å²) in [6.45, 7) is 5.72. The molecule has 0 spiro atoms. The van der Waals surface area contributed by atoms with Crippen molar-refractivity contribution in [2.75, 3.05) is 0 Å². The normalized spacial score (nSPS) is 11.8. The minimum atomic E-state index is -0.308. The predicted molar refractivity (Wildman–Crippen MR) is 123 cm³/mol. The average molecular weight is 422 g/mol. The summed E-state index contributed by atoms with van der Waals surface area (Å²) in [5.74, 6) is 0.270. The number of allylic oxidation sites excluding steroid dienone is 2. The lowest BCUT2D eigenvalue weighted by atomic mass is 10.0. The Balaban J connectivity index is 1.62. The van der Waals surface area contributed by atoms with Gasteiger partial charge in [-0.15, -0.1) is 0 Å². The molecule has 0 atom stereocenters. The number of imidazole rings is 1. The molecule has 6 nitrogen and oxygen atoms in total. The first-order valence-corrected chi connectivity index (χ1v) is 10.1. The maximum atomic E-state index is 13.9. The number of aryl methyl sites for hydroxylation is 1. The van der Waals surface area contributed by atoms with Gasteiger partial charge in [-0.2, -0.15) is 5.10 Å². The molecular weight excluding hydrogens is 403 g/mol. The number of aromatic amines is 2. The van der Waals surface area contributed by atoms with Gasteiger partial charge in [-0.05, 0) is 48.9 Å². The zero-order valence-electron chi connectivity index (χ0n) is 17.3. The van der Waals surface area contributed by atoms with Gasteiger partial charge in [-0.3, -0.25) is 10.1 Å². The van der Waals surface area contributed by atoms with E-state index in [1.807, 2.05) is 43.3 Å². The van der Waals surface area contributed by atoms with Crippen molar-refractivity contribution < 1.29 is 4.39 Å². The van der Waals surface area contributed by atoms with Crippen molar-refractivity contribution in [1.82, 2.24) is 30.1 Å². The molecule has 0 saturated carbocycles. The van der Waals surface area contributed by atoms with Crippen molar-refractivity contribution in [2.45, 2.75) is 6.92 Å². The number of H-pyrrole nitrogens is 2. The first kappa shape index (κ1) is 19.6. The zero-order chi connectivity index (χ0) is 22.1. The molecule has 7 heteroatoms. The Kier molecular flexibility index (Phi) is 4.91. The van der Waals surface area contributed by atoms with Crippen molar-refractivity contribution in [2.24, 2.45) is 0 Å². The third kappa shape index (κ3) is 3.50. The first-order valence-electron chi connectivity index (χ1n) is 10.1. The number of fused-ring (bicyclic) bond motifs is 1. The Morgan fingerprint density at radius 3 is 2.69 bits per heavy atom. The Morgan fingerprint density at radius 2 is 1.91 bits per heavy atom. The van der Waals surface area contributed by atoms with Crippen LogP contribution in [0.15, 0.2) is 79.7 Å². The number of rotatable bonds is 5. The number of aromatic nitrogens is 6. The quantitative estimate of drug-likeness (QED) is 0.368. The molecule has 0 radical (unpaired) electrons. The monoisotopic (exact) mass is 422 g/mol. The van der Waals surface area contributed by atoms with Gasteiger partial charge in [-0.25, -0.2) is 14.4 Å². The van der Waals surface area contributed by atoms with Crippen LogP contribution >= 0.6 is 0 Å². The van der Waals surface area contributed by atoms with Gasteiger partial charge in [0.05, 0.1) is 16.9 Å². The van der Waals surface area contributed by atoms with Crippen molar-refractivity contribution in [3.8, 4) is 22.8 Å². The molecule has 0 saturated heterocycles. The molecule has 0 amide bonds. The summed E-state index contributed by atoms with van der Waals surface area (Å²) >= 11 is 0. The van der Waals surface area contributed by atoms with Gasteiger partial charge in [0.25, 0.3) is 0 Å². The van der Waals surface area contributed by atoms with E-state index in [4.69, 9.17) is 9.97 Å². The summed E-state index contributed by atoms with van der Waals surface area (Å²) in [4.78, 5) is 17.0. The minimum absolute atomic E-state index is 0.308. The largest absolute Gasteiger partial charge is 0.340 e.